The van der Waals surface area contributed by atoms with Crippen LogP contribution in [0.2, 0.25) is 0 Å². The number of nitrogens with zero attached hydrogens (tertiary/aromatic N) is 1. The van der Waals surface area contributed by atoms with E-state index in [0.29, 0.717) is 10.0 Å². The molecule has 150 valence electrons. The standard InChI is InChI=1S/C22H34NO4/c1-21(2,3)26-19(24)17-12-10-16(11-13-17)15-23(7)14-8-9-18(23)20(25)27-22(4,5)6/h10-13,18H,8-9,14-15H2,1-7H3/q+1/t18-,23?/m0/s1. The van der Waals surface area contributed by atoms with Crippen molar-refractivity contribution in [2.45, 2.75) is 78.2 Å². The summed E-state index contributed by atoms with van der Waals surface area (Å²) >= 11 is 0. The van der Waals surface area contributed by atoms with E-state index in [2.05, 4.69) is 7.05 Å². The van der Waals surface area contributed by atoms with Crippen LogP contribution in [0.15, 0.2) is 24.3 Å². The molecule has 1 fully saturated rings. The second kappa shape index (κ2) is 7.63. The second-order valence-electron chi connectivity index (χ2n) is 9.75. The topological polar surface area (TPSA) is 52.6 Å². The highest BCUT2D eigenvalue weighted by Crippen LogP contribution is 2.30. The lowest BCUT2D eigenvalue weighted by atomic mass is 10.1. The lowest BCUT2D eigenvalue weighted by molar-refractivity contribution is -0.926. The van der Waals surface area contributed by atoms with Crippen molar-refractivity contribution in [2.24, 2.45) is 0 Å². The molecule has 1 saturated heterocycles. The van der Waals surface area contributed by atoms with Crippen molar-refractivity contribution in [3.05, 3.63) is 35.4 Å². The van der Waals surface area contributed by atoms with Gasteiger partial charge in [0.1, 0.15) is 17.7 Å². The predicted molar refractivity (Wildman–Crippen MR) is 105 cm³/mol. The first-order valence-corrected chi connectivity index (χ1v) is 9.68. The Morgan fingerprint density at radius 2 is 1.56 bits per heavy atom. The quantitative estimate of drug-likeness (QED) is 0.587. The number of hydrogen-bond donors (Lipinski definition) is 0. The normalized spacial score (nSPS) is 23.1. The molecule has 1 aromatic rings. The molecule has 0 amide bonds. The first-order chi connectivity index (χ1) is 12.3. The molecule has 0 saturated carbocycles. The molecular weight excluding hydrogens is 342 g/mol. The number of quaternary nitrogens is 1. The van der Waals surface area contributed by atoms with Gasteiger partial charge < -0.3 is 14.0 Å². The number of carbonyl (C=O) groups excluding carboxylic acids is 2. The Kier molecular flexibility index (Phi) is 6.05. The highest BCUT2D eigenvalue weighted by atomic mass is 16.6. The molecular formula is C22H34NO4+. The van der Waals surface area contributed by atoms with Crippen LogP contribution in [-0.4, -0.2) is 47.3 Å². The monoisotopic (exact) mass is 376 g/mol. The average molecular weight is 377 g/mol. The number of hydrogen-bond acceptors (Lipinski definition) is 4. The van der Waals surface area contributed by atoms with Crippen molar-refractivity contribution >= 4 is 11.9 Å². The van der Waals surface area contributed by atoms with Crippen LogP contribution in [0.3, 0.4) is 0 Å². The molecule has 2 atom stereocenters. The molecule has 0 spiro atoms. The second-order valence-corrected chi connectivity index (χ2v) is 9.75. The Labute approximate surface area is 163 Å². The van der Waals surface area contributed by atoms with E-state index < -0.39 is 11.2 Å². The first-order valence-electron chi connectivity index (χ1n) is 9.68. The first kappa shape index (κ1) is 21.4. The minimum absolute atomic E-state index is 0.118. The van der Waals surface area contributed by atoms with Crippen molar-refractivity contribution in [1.82, 2.24) is 0 Å². The largest absolute Gasteiger partial charge is 0.456 e. The van der Waals surface area contributed by atoms with Crippen LogP contribution in [-0.2, 0) is 20.8 Å². The zero-order valence-corrected chi connectivity index (χ0v) is 17.8. The molecule has 1 aromatic carbocycles. The molecule has 0 radical (unpaired) electrons. The zero-order valence-electron chi connectivity index (χ0n) is 17.8. The molecule has 0 aliphatic carbocycles. The van der Waals surface area contributed by atoms with E-state index in [1.807, 2.05) is 53.7 Å². The minimum atomic E-state index is -0.509. The Morgan fingerprint density at radius 1 is 1.00 bits per heavy atom. The Morgan fingerprint density at radius 3 is 2.07 bits per heavy atom. The van der Waals surface area contributed by atoms with Gasteiger partial charge in [0, 0.05) is 18.4 Å². The summed E-state index contributed by atoms with van der Waals surface area (Å²) in [5.41, 5.74) is 0.659. The molecule has 1 heterocycles. The fraction of sp³-hybridized carbons (Fsp3) is 0.636. The highest BCUT2D eigenvalue weighted by molar-refractivity contribution is 5.89. The molecule has 5 nitrogen and oxygen atoms in total. The summed E-state index contributed by atoms with van der Waals surface area (Å²) in [4.78, 5) is 24.8. The van der Waals surface area contributed by atoms with Crippen LogP contribution >= 0.6 is 0 Å². The van der Waals surface area contributed by atoms with E-state index in [9.17, 15) is 9.59 Å². The lowest BCUT2D eigenvalue weighted by Gasteiger charge is -2.36. The van der Waals surface area contributed by atoms with Gasteiger partial charge >= 0.3 is 11.9 Å². The van der Waals surface area contributed by atoms with Crippen molar-refractivity contribution in [3.8, 4) is 0 Å². The number of ether oxygens (including phenoxy) is 2. The third kappa shape index (κ3) is 6.06. The van der Waals surface area contributed by atoms with E-state index >= 15 is 0 Å². The van der Waals surface area contributed by atoms with Gasteiger partial charge in [-0.1, -0.05) is 12.1 Å². The van der Waals surface area contributed by atoms with E-state index in [4.69, 9.17) is 9.47 Å². The van der Waals surface area contributed by atoms with Gasteiger partial charge in [0.2, 0.25) is 0 Å². The van der Waals surface area contributed by atoms with E-state index in [-0.39, 0.29) is 18.0 Å². The van der Waals surface area contributed by atoms with Gasteiger partial charge in [-0.05, 0) is 53.7 Å². The van der Waals surface area contributed by atoms with Crippen LogP contribution in [0.25, 0.3) is 0 Å². The summed E-state index contributed by atoms with van der Waals surface area (Å²) in [5, 5.41) is 0. The summed E-state index contributed by atoms with van der Waals surface area (Å²) in [6.07, 6.45) is 1.86. The number of likely N-dealkylation sites (tertiary alicyclic amines) is 1. The third-order valence-corrected chi connectivity index (χ3v) is 4.71. The molecule has 0 aromatic heterocycles. The summed E-state index contributed by atoms with van der Waals surface area (Å²) in [6, 6.07) is 7.36. The van der Waals surface area contributed by atoms with Crippen LogP contribution in [0.1, 0.15) is 70.3 Å². The Hall–Kier alpha value is -1.88. The SMILES string of the molecule is CC(C)(C)OC(=O)c1ccc(C[N+]2(C)CCC[C@H]2C(=O)OC(C)(C)C)cc1. The molecule has 1 aliphatic rings. The number of likely N-dealkylation sites (N-methyl/N-ethyl adjacent to an activating group) is 1. The Balaban J connectivity index is 2.08. The van der Waals surface area contributed by atoms with E-state index in [0.717, 1.165) is 31.5 Å². The van der Waals surface area contributed by atoms with Gasteiger partial charge in [-0.15, -0.1) is 0 Å². The number of benzene rings is 1. The predicted octanol–water partition coefficient (Wildman–Crippen LogP) is 4.09. The van der Waals surface area contributed by atoms with Crippen LogP contribution in [0, 0.1) is 0 Å². The summed E-state index contributed by atoms with van der Waals surface area (Å²) in [7, 11) is 2.11. The smallest absolute Gasteiger partial charge is 0.365 e. The maximum absolute atomic E-state index is 12.6. The van der Waals surface area contributed by atoms with E-state index in [1.165, 1.54) is 0 Å². The molecule has 27 heavy (non-hydrogen) atoms. The van der Waals surface area contributed by atoms with Gasteiger partial charge in [-0.25, -0.2) is 9.59 Å². The Bertz CT molecular complexity index is 682. The van der Waals surface area contributed by atoms with Gasteiger partial charge in [-0.3, -0.25) is 0 Å². The fourth-order valence-corrected chi connectivity index (χ4v) is 3.55. The summed E-state index contributed by atoms with van der Waals surface area (Å²) in [6.45, 7) is 13.0. The van der Waals surface area contributed by atoms with Crippen molar-refractivity contribution in [3.63, 3.8) is 0 Å². The molecule has 1 aliphatic heterocycles. The molecule has 1 unspecified atom stereocenters. The third-order valence-electron chi connectivity index (χ3n) is 4.71. The fourth-order valence-electron chi connectivity index (χ4n) is 3.55. The molecule has 2 rings (SSSR count). The van der Waals surface area contributed by atoms with Gasteiger partial charge in [-0.2, -0.15) is 0 Å². The molecule has 0 N–H and O–H groups in total. The van der Waals surface area contributed by atoms with Gasteiger partial charge in [0.25, 0.3) is 0 Å². The zero-order chi connectivity index (χ0) is 20.5. The number of carbonyl (C=O) groups is 2. The summed E-state index contributed by atoms with van der Waals surface area (Å²) in [5.74, 6) is -0.435. The number of rotatable bonds is 4. The van der Waals surface area contributed by atoms with Gasteiger partial charge in [0.05, 0.1) is 19.2 Å². The van der Waals surface area contributed by atoms with Gasteiger partial charge in [0.15, 0.2) is 6.04 Å². The van der Waals surface area contributed by atoms with E-state index in [1.54, 1.807) is 12.1 Å². The van der Waals surface area contributed by atoms with Crippen LogP contribution in [0.5, 0.6) is 0 Å². The highest BCUT2D eigenvalue weighted by Gasteiger charge is 2.45. The maximum atomic E-state index is 12.6. The average Bonchev–Trinajstić information content (AvgIpc) is 2.86. The summed E-state index contributed by atoms with van der Waals surface area (Å²) < 4.78 is 11.7. The van der Waals surface area contributed by atoms with Crippen molar-refractivity contribution in [2.75, 3.05) is 13.6 Å². The lowest BCUT2D eigenvalue weighted by Crippen LogP contribution is -2.52. The van der Waals surface area contributed by atoms with Crippen LogP contribution < -0.4 is 0 Å². The van der Waals surface area contributed by atoms with Crippen LogP contribution in [0.4, 0.5) is 0 Å². The molecule has 5 heteroatoms. The van der Waals surface area contributed by atoms with Crippen molar-refractivity contribution in [1.29, 1.82) is 0 Å². The minimum Gasteiger partial charge on any atom is -0.456 e. The maximum Gasteiger partial charge on any atom is 0.365 e. The molecule has 0 bridgehead atoms. The number of esters is 2. The van der Waals surface area contributed by atoms with Crippen molar-refractivity contribution < 1.29 is 23.5 Å².